The Morgan fingerprint density at radius 3 is 2.29 bits per heavy atom. The van der Waals surface area contributed by atoms with Crippen LogP contribution in [0.3, 0.4) is 0 Å². The van der Waals surface area contributed by atoms with Crippen LogP contribution in [0.4, 0.5) is 0 Å². The van der Waals surface area contributed by atoms with Gasteiger partial charge in [0.2, 0.25) is 10.0 Å². The topological polar surface area (TPSA) is 51.1 Å². The molecule has 1 aromatic heterocycles. The van der Waals surface area contributed by atoms with Crippen LogP contribution < -0.4 is 4.72 Å². The van der Waals surface area contributed by atoms with Crippen LogP contribution in [0.2, 0.25) is 5.02 Å². The highest BCUT2D eigenvalue weighted by molar-refractivity contribution is 7.89. The summed E-state index contributed by atoms with van der Waals surface area (Å²) in [4.78, 5) is 0.206. The summed E-state index contributed by atoms with van der Waals surface area (Å²) < 4.78 is 29.9. The molecule has 0 saturated carbocycles. The van der Waals surface area contributed by atoms with Crippen LogP contribution >= 0.6 is 11.6 Å². The number of fused-ring (bicyclic) bond motifs is 1. The van der Waals surface area contributed by atoms with Gasteiger partial charge in [0.15, 0.2) is 0 Å². The maximum absolute atomic E-state index is 12.5. The number of hydrogen-bond donors (Lipinski definition) is 1. The van der Waals surface area contributed by atoms with Crippen LogP contribution in [0, 0.1) is 0 Å². The molecule has 0 bridgehead atoms. The Labute approximate surface area is 169 Å². The van der Waals surface area contributed by atoms with Gasteiger partial charge in [0.1, 0.15) is 0 Å². The number of rotatable bonds is 6. The monoisotopic (exact) mass is 410 g/mol. The molecule has 0 aliphatic carbocycles. The van der Waals surface area contributed by atoms with Crippen LogP contribution in [0.15, 0.2) is 89.8 Å². The second-order valence-corrected chi connectivity index (χ2v) is 8.66. The van der Waals surface area contributed by atoms with Gasteiger partial charge in [-0.1, -0.05) is 60.1 Å². The third kappa shape index (κ3) is 3.83. The number of para-hydroxylation sites is 1. The van der Waals surface area contributed by atoms with E-state index in [2.05, 4.69) is 39.6 Å². The number of nitrogens with one attached hydrogen (secondary N) is 1. The first-order valence-electron chi connectivity index (χ1n) is 8.93. The highest BCUT2D eigenvalue weighted by Gasteiger charge is 2.15. The van der Waals surface area contributed by atoms with E-state index in [1.807, 2.05) is 30.3 Å². The molecule has 0 aliphatic rings. The summed E-state index contributed by atoms with van der Waals surface area (Å²) in [5.74, 6) is 0. The Morgan fingerprint density at radius 2 is 1.54 bits per heavy atom. The number of hydrogen-bond acceptors (Lipinski definition) is 2. The van der Waals surface area contributed by atoms with E-state index < -0.39 is 10.0 Å². The van der Waals surface area contributed by atoms with E-state index in [1.54, 1.807) is 12.1 Å². The zero-order valence-corrected chi connectivity index (χ0v) is 16.6. The van der Waals surface area contributed by atoms with Gasteiger partial charge in [0.25, 0.3) is 0 Å². The molecule has 0 aliphatic heterocycles. The molecule has 0 spiro atoms. The summed E-state index contributed by atoms with van der Waals surface area (Å²) in [6.45, 7) is 0.800. The fraction of sp³-hybridized carbons (Fsp3) is 0.0909. The summed E-state index contributed by atoms with van der Waals surface area (Å²) in [5.41, 5.74) is 3.23. The number of benzene rings is 3. The molecule has 142 valence electrons. The SMILES string of the molecule is O=S(=O)(NCCn1c(-c2ccccc2)cc2ccccc21)c1ccc(Cl)cc1. The molecule has 4 aromatic rings. The van der Waals surface area contributed by atoms with Gasteiger partial charge in [0.05, 0.1) is 4.90 Å². The van der Waals surface area contributed by atoms with E-state index in [0.717, 1.165) is 22.2 Å². The van der Waals surface area contributed by atoms with Crippen molar-refractivity contribution in [2.45, 2.75) is 11.4 Å². The fourth-order valence-corrected chi connectivity index (χ4v) is 4.44. The van der Waals surface area contributed by atoms with E-state index in [4.69, 9.17) is 11.6 Å². The zero-order chi connectivity index (χ0) is 19.6. The van der Waals surface area contributed by atoms with E-state index in [1.165, 1.54) is 12.1 Å². The molecular formula is C22H19ClN2O2S. The number of sulfonamides is 1. The van der Waals surface area contributed by atoms with Crippen LogP contribution in [0.25, 0.3) is 22.2 Å². The van der Waals surface area contributed by atoms with Gasteiger partial charge < -0.3 is 4.57 Å². The maximum atomic E-state index is 12.5. The molecule has 0 atom stereocenters. The summed E-state index contributed by atoms with van der Waals surface area (Å²) >= 11 is 5.85. The second-order valence-electron chi connectivity index (χ2n) is 6.46. The Kier molecular flexibility index (Phi) is 5.22. The van der Waals surface area contributed by atoms with Gasteiger partial charge in [-0.25, -0.2) is 13.1 Å². The molecule has 4 nitrogen and oxygen atoms in total. The van der Waals surface area contributed by atoms with Crippen LogP contribution in [-0.4, -0.2) is 19.5 Å². The molecule has 0 radical (unpaired) electrons. The summed E-state index contributed by atoms with van der Waals surface area (Å²) in [6, 6.07) is 26.5. The van der Waals surface area contributed by atoms with Crippen molar-refractivity contribution in [1.29, 1.82) is 0 Å². The largest absolute Gasteiger partial charge is 0.339 e. The van der Waals surface area contributed by atoms with Crippen molar-refractivity contribution in [3.05, 3.63) is 90.0 Å². The summed E-state index contributed by atoms with van der Waals surface area (Å²) in [5, 5.41) is 1.63. The van der Waals surface area contributed by atoms with Gasteiger partial charge in [-0.05, 0) is 42.0 Å². The van der Waals surface area contributed by atoms with Gasteiger partial charge in [-0.2, -0.15) is 0 Å². The highest BCUT2D eigenvalue weighted by Crippen LogP contribution is 2.28. The van der Waals surface area contributed by atoms with Gasteiger partial charge >= 0.3 is 0 Å². The van der Waals surface area contributed by atoms with E-state index in [-0.39, 0.29) is 11.4 Å². The minimum Gasteiger partial charge on any atom is -0.339 e. The van der Waals surface area contributed by atoms with E-state index in [9.17, 15) is 8.42 Å². The van der Waals surface area contributed by atoms with Crippen molar-refractivity contribution >= 4 is 32.5 Å². The maximum Gasteiger partial charge on any atom is 0.240 e. The minimum atomic E-state index is -3.58. The average Bonchev–Trinajstić information content (AvgIpc) is 3.08. The number of halogens is 1. The lowest BCUT2D eigenvalue weighted by Gasteiger charge is -2.12. The third-order valence-electron chi connectivity index (χ3n) is 4.63. The number of aromatic nitrogens is 1. The molecule has 0 unspecified atom stereocenters. The average molecular weight is 411 g/mol. The van der Waals surface area contributed by atoms with Crippen molar-refractivity contribution in [2.75, 3.05) is 6.54 Å². The Balaban J connectivity index is 1.60. The molecule has 0 fully saturated rings. The van der Waals surface area contributed by atoms with E-state index in [0.29, 0.717) is 11.6 Å². The van der Waals surface area contributed by atoms with Crippen molar-refractivity contribution in [3.8, 4) is 11.3 Å². The molecule has 6 heteroatoms. The van der Waals surface area contributed by atoms with Crippen molar-refractivity contribution < 1.29 is 8.42 Å². The Bertz CT molecular complexity index is 1200. The van der Waals surface area contributed by atoms with Crippen molar-refractivity contribution in [3.63, 3.8) is 0 Å². The molecule has 1 N–H and O–H groups in total. The highest BCUT2D eigenvalue weighted by atomic mass is 35.5. The Morgan fingerprint density at radius 1 is 0.857 bits per heavy atom. The Hall–Kier alpha value is -2.60. The molecule has 3 aromatic carbocycles. The minimum absolute atomic E-state index is 0.206. The lowest BCUT2D eigenvalue weighted by molar-refractivity contribution is 0.575. The second kappa shape index (κ2) is 7.80. The summed E-state index contributed by atoms with van der Waals surface area (Å²) in [7, 11) is -3.58. The molecule has 1 heterocycles. The molecular weight excluding hydrogens is 392 g/mol. The lowest BCUT2D eigenvalue weighted by atomic mass is 10.1. The molecule has 0 saturated heterocycles. The molecule has 4 rings (SSSR count). The predicted octanol–water partition coefficient (Wildman–Crippen LogP) is 4.94. The van der Waals surface area contributed by atoms with Crippen LogP contribution in [-0.2, 0) is 16.6 Å². The first-order chi connectivity index (χ1) is 13.5. The van der Waals surface area contributed by atoms with Crippen molar-refractivity contribution in [1.82, 2.24) is 9.29 Å². The summed E-state index contributed by atoms with van der Waals surface area (Å²) in [6.07, 6.45) is 0. The first kappa shape index (κ1) is 18.7. The number of nitrogens with zero attached hydrogens (tertiary/aromatic N) is 1. The lowest BCUT2D eigenvalue weighted by Crippen LogP contribution is -2.27. The zero-order valence-electron chi connectivity index (χ0n) is 15.0. The molecule has 0 amide bonds. The third-order valence-corrected chi connectivity index (χ3v) is 6.36. The standard InChI is InChI=1S/C22H19ClN2O2S/c23-19-10-12-20(13-11-19)28(26,27)24-14-15-25-21-9-5-4-8-18(21)16-22(25)17-6-2-1-3-7-17/h1-13,16,24H,14-15H2. The van der Waals surface area contributed by atoms with Gasteiger partial charge in [0, 0.05) is 34.7 Å². The first-order valence-corrected chi connectivity index (χ1v) is 10.8. The molecule has 28 heavy (non-hydrogen) atoms. The normalized spacial score (nSPS) is 11.8. The van der Waals surface area contributed by atoms with Crippen LogP contribution in [0.5, 0.6) is 0 Å². The van der Waals surface area contributed by atoms with Gasteiger partial charge in [-0.15, -0.1) is 0 Å². The quantitative estimate of drug-likeness (QED) is 0.489. The predicted molar refractivity (Wildman–Crippen MR) is 114 cm³/mol. The fourth-order valence-electron chi connectivity index (χ4n) is 3.29. The van der Waals surface area contributed by atoms with E-state index >= 15 is 0 Å². The van der Waals surface area contributed by atoms with Crippen LogP contribution in [0.1, 0.15) is 0 Å². The van der Waals surface area contributed by atoms with Crippen molar-refractivity contribution in [2.24, 2.45) is 0 Å². The van der Waals surface area contributed by atoms with Gasteiger partial charge in [-0.3, -0.25) is 0 Å². The smallest absolute Gasteiger partial charge is 0.240 e.